The molecule has 4 aromatic rings. The zero-order valence-electron chi connectivity index (χ0n) is 17.2. The molecule has 0 aliphatic rings. The summed E-state index contributed by atoms with van der Waals surface area (Å²) in [7, 11) is 1.70. The molecule has 0 saturated heterocycles. The van der Waals surface area contributed by atoms with Gasteiger partial charge >= 0.3 is 0 Å². The van der Waals surface area contributed by atoms with Gasteiger partial charge in [0.25, 0.3) is 0 Å². The largest absolute Gasteiger partial charge is 0.497 e. The summed E-state index contributed by atoms with van der Waals surface area (Å²) in [5.74, 6) is 0.906. The number of aromatic nitrogens is 1. The number of para-hydroxylation sites is 1. The number of benzene rings is 3. The average Bonchev–Trinajstić information content (AvgIpc) is 3.09. The number of nitrogens with one attached hydrogen (secondary N) is 1. The quantitative estimate of drug-likeness (QED) is 0.415. The maximum absolute atomic E-state index is 5.23. The number of rotatable bonds is 8. The highest BCUT2D eigenvalue weighted by molar-refractivity contribution is 5.84. The van der Waals surface area contributed by atoms with Crippen molar-refractivity contribution < 1.29 is 4.74 Å². The molecule has 0 radical (unpaired) electrons. The highest BCUT2D eigenvalue weighted by atomic mass is 16.5. The van der Waals surface area contributed by atoms with E-state index < -0.39 is 0 Å². The number of methoxy groups -OCH3 is 1. The molecule has 3 aromatic carbocycles. The molecule has 148 valence electrons. The molecule has 3 nitrogen and oxygen atoms in total. The lowest BCUT2D eigenvalue weighted by Crippen LogP contribution is -2.16. The molecule has 3 heteroatoms. The van der Waals surface area contributed by atoms with Gasteiger partial charge in [0.05, 0.1) is 7.11 Å². The van der Waals surface area contributed by atoms with E-state index in [1.165, 1.54) is 33.2 Å². The summed E-state index contributed by atoms with van der Waals surface area (Å²) in [4.78, 5) is 0. The maximum Gasteiger partial charge on any atom is 0.118 e. The van der Waals surface area contributed by atoms with Gasteiger partial charge in [-0.25, -0.2) is 0 Å². The number of hydrogen-bond donors (Lipinski definition) is 1. The van der Waals surface area contributed by atoms with Crippen LogP contribution in [0, 0.1) is 6.92 Å². The zero-order chi connectivity index (χ0) is 20.1. The van der Waals surface area contributed by atoms with Crippen molar-refractivity contribution in [1.29, 1.82) is 0 Å². The minimum absolute atomic E-state index is 0.873. The van der Waals surface area contributed by atoms with Crippen molar-refractivity contribution in [3.05, 3.63) is 101 Å². The van der Waals surface area contributed by atoms with Crippen LogP contribution in [0.15, 0.2) is 79.0 Å². The lowest BCUT2D eigenvalue weighted by atomic mass is 10.1. The third-order valence-corrected chi connectivity index (χ3v) is 5.37. The van der Waals surface area contributed by atoms with E-state index in [0.29, 0.717) is 0 Å². The average molecular weight is 385 g/mol. The van der Waals surface area contributed by atoms with Gasteiger partial charge in [0, 0.05) is 30.2 Å². The SMILES string of the molecule is COc1ccc(CCNCc2cn(Cc3cccc(C)c3)c3ccccc23)cc1. The highest BCUT2D eigenvalue weighted by Gasteiger charge is 2.08. The van der Waals surface area contributed by atoms with Gasteiger partial charge in [-0.1, -0.05) is 60.2 Å². The van der Waals surface area contributed by atoms with Gasteiger partial charge in [0.15, 0.2) is 0 Å². The first-order valence-corrected chi connectivity index (χ1v) is 10.2. The van der Waals surface area contributed by atoms with Crippen LogP contribution in [0.25, 0.3) is 10.9 Å². The van der Waals surface area contributed by atoms with E-state index in [-0.39, 0.29) is 0 Å². The number of aryl methyl sites for hydroxylation is 1. The van der Waals surface area contributed by atoms with Gasteiger partial charge in [0.1, 0.15) is 5.75 Å². The third-order valence-electron chi connectivity index (χ3n) is 5.37. The summed E-state index contributed by atoms with van der Waals surface area (Å²) < 4.78 is 7.59. The van der Waals surface area contributed by atoms with Crippen LogP contribution >= 0.6 is 0 Å². The Morgan fingerprint density at radius 1 is 0.897 bits per heavy atom. The van der Waals surface area contributed by atoms with Crippen molar-refractivity contribution in [3.63, 3.8) is 0 Å². The van der Waals surface area contributed by atoms with Crippen molar-refractivity contribution in [2.75, 3.05) is 13.7 Å². The monoisotopic (exact) mass is 384 g/mol. The van der Waals surface area contributed by atoms with Crippen molar-refractivity contribution >= 4 is 10.9 Å². The number of nitrogens with zero attached hydrogens (tertiary/aromatic N) is 1. The van der Waals surface area contributed by atoms with E-state index in [4.69, 9.17) is 4.74 Å². The molecular weight excluding hydrogens is 356 g/mol. The lowest BCUT2D eigenvalue weighted by molar-refractivity contribution is 0.414. The molecule has 0 saturated carbocycles. The Morgan fingerprint density at radius 3 is 2.52 bits per heavy atom. The molecule has 1 aromatic heterocycles. The van der Waals surface area contributed by atoms with E-state index in [9.17, 15) is 0 Å². The molecular formula is C26H28N2O. The van der Waals surface area contributed by atoms with Gasteiger partial charge in [0.2, 0.25) is 0 Å². The smallest absolute Gasteiger partial charge is 0.118 e. The normalized spacial score (nSPS) is 11.1. The Hall–Kier alpha value is -3.04. The van der Waals surface area contributed by atoms with E-state index in [0.717, 1.165) is 31.8 Å². The van der Waals surface area contributed by atoms with E-state index in [1.807, 2.05) is 12.1 Å². The molecule has 1 heterocycles. The van der Waals surface area contributed by atoms with E-state index >= 15 is 0 Å². The van der Waals surface area contributed by atoms with E-state index in [1.54, 1.807) is 7.11 Å². The molecule has 0 aliphatic carbocycles. The Morgan fingerprint density at radius 2 is 1.72 bits per heavy atom. The Labute approximate surface area is 172 Å². The summed E-state index contributed by atoms with van der Waals surface area (Å²) in [6.07, 6.45) is 3.30. The van der Waals surface area contributed by atoms with Gasteiger partial charge in [-0.15, -0.1) is 0 Å². The van der Waals surface area contributed by atoms with Crippen LogP contribution < -0.4 is 10.1 Å². The summed E-state index contributed by atoms with van der Waals surface area (Å²) in [5.41, 5.74) is 6.60. The molecule has 0 unspecified atom stereocenters. The summed E-state index contributed by atoms with van der Waals surface area (Å²) in [6, 6.07) is 25.7. The molecule has 29 heavy (non-hydrogen) atoms. The first-order valence-electron chi connectivity index (χ1n) is 10.2. The molecule has 0 bridgehead atoms. The number of ether oxygens (including phenoxy) is 1. The first-order chi connectivity index (χ1) is 14.2. The second-order valence-electron chi connectivity index (χ2n) is 7.56. The van der Waals surface area contributed by atoms with Crippen LogP contribution in [-0.2, 0) is 19.5 Å². The van der Waals surface area contributed by atoms with Crippen LogP contribution in [0.3, 0.4) is 0 Å². The van der Waals surface area contributed by atoms with Crippen LogP contribution in [0.4, 0.5) is 0 Å². The summed E-state index contributed by atoms with van der Waals surface area (Å²) in [6.45, 7) is 4.87. The zero-order valence-corrected chi connectivity index (χ0v) is 17.2. The highest BCUT2D eigenvalue weighted by Crippen LogP contribution is 2.22. The maximum atomic E-state index is 5.23. The predicted octanol–water partition coefficient (Wildman–Crippen LogP) is 5.34. The van der Waals surface area contributed by atoms with Gasteiger partial charge in [-0.05, 0) is 54.8 Å². The standard InChI is InChI=1S/C26H28N2O/c1-20-6-5-7-22(16-20)18-28-19-23(25-8-3-4-9-26(25)28)17-27-15-14-21-10-12-24(29-2)13-11-21/h3-13,16,19,27H,14-15,17-18H2,1-2H3. The van der Waals surface area contributed by atoms with Gasteiger partial charge in [-0.2, -0.15) is 0 Å². The molecule has 0 fully saturated rings. The molecule has 0 spiro atoms. The molecule has 1 N–H and O–H groups in total. The fourth-order valence-corrected chi connectivity index (χ4v) is 3.85. The topological polar surface area (TPSA) is 26.2 Å². The van der Waals surface area contributed by atoms with Crippen LogP contribution in [0.1, 0.15) is 22.3 Å². The van der Waals surface area contributed by atoms with Crippen molar-refractivity contribution in [1.82, 2.24) is 9.88 Å². The molecule has 0 aliphatic heterocycles. The van der Waals surface area contributed by atoms with Crippen molar-refractivity contribution in [2.24, 2.45) is 0 Å². The van der Waals surface area contributed by atoms with Gasteiger partial charge < -0.3 is 14.6 Å². The fourth-order valence-electron chi connectivity index (χ4n) is 3.85. The molecule has 0 atom stereocenters. The molecule has 0 amide bonds. The lowest BCUT2D eigenvalue weighted by Gasteiger charge is -2.06. The Bertz CT molecular complexity index is 1080. The van der Waals surface area contributed by atoms with Crippen molar-refractivity contribution in [2.45, 2.75) is 26.4 Å². The van der Waals surface area contributed by atoms with Gasteiger partial charge in [-0.3, -0.25) is 0 Å². The second-order valence-corrected chi connectivity index (χ2v) is 7.56. The Balaban J connectivity index is 1.43. The van der Waals surface area contributed by atoms with Crippen molar-refractivity contribution in [3.8, 4) is 5.75 Å². The second kappa shape index (κ2) is 8.97. The minimum Gasteiger partial charge on any atom is -0.497 e. The van der Waals surface area contributed by atoms with Crippen LogP contribution in [-0.4, -0.2) is 18.2 Å². The third kappa shape index (κ3) is 4.69. The minimum atomic E-state index is 0.873. The summed E-state index contributed by atoms with van der Waals surface area (Å²) in [5, 5.41) is 4.94. The van der Waals surface area contributed by atoms with E-state index in [2.05, 4.69) is 83.7 Å². The fraction of sp³-hybridized carbons (Fsp3) is 0.231. The number of hydrogen-bond acceptors (Lipinski definition) is 2. The van der Waals surface area contributed by atoms with Crippen LogP contribution in [0.2, 0.25) is 0 Å². The molecule has 4 rings (SSSR count). The van der Waals surface area contributed by atoms with Crippen LogP contribution in [0.5, 0.6) is 5.75 Å². The Kier molecular flexibility index (Phi) is 5.97. The predicted molar refractivity (Wildman–Crippen MR) is 121 cm³/mol. The first kappa shape index (κ1) is 19.3. The number of fused-ring (bicyclic) bond motifs is 1. The summed E-state index contributed by atoms with van der Waals surface area (Å²) >= 11 is 0.